The highest BCUT2D eigenvalue weighted by Gasteiger charge is 2.13. The van der Waals surface area contributed by atoms with Crippen molar-refractivity contribution < 1.29 is 24.2 Å². The molecule has 0 aliphatic heterocycles. The molecule has 0 aliphatic carbocycles. The van der Waals surface area contributed by atoms with Crippen LogP contribution >= 0.6 is 11.3 Å². The number of para-hydroxylation sites is 1. The maximum atomic E-state index is 11.5. The summed E-state index contributed by atoms with van der Waals surface area (Å²) in [5.41, 5.74) is 3.79. The van der Waals surface area contributed by atoms with Gasteiger partial charge in [-0.25, -0.2) is 9.78 Å². The lowest BCUT2D eigenvalue weighted by molar-refractivity contribution is -0.135. The zero-order chi connectivity index (χ0) is 23.2. The molecule has 0 fully saturated rings. The van der Waals surface area contributed by atoms with Gasteiger partial charge in [0, 0.05) is 0 Å². The van der Waals surface area contributed by atoms with Crippen LogP contribution in [0.2, 0.25) is 0 Å². The van der Waals surface area contributed by atoms with Crippen LogP contribution in [-0.2, 0) is 16.1 Å². The normalized spacial score (nSPS) is 11.4. The summed E-state index contributed by atoms with van der Waals surface area (Å²) in [5, 5.41) is 10.1. The van der Waals surface area contributed by atoms with Crippen molar-refractivity contribution in [1.29, 1.82) is 0 Å². The molecule has 7 heteroatoms. The number of nitrogens with zero attached hydrogens (tertiary/aromatic N) is 1. The molecular weight excluding hydrogens is 438 g/mol. The van der Waals surface area contributed by atoms with Gasteiger partial charge in [0.25, 0.3) is 0 Å². The number of benzene rings is 3. The number of rotatable bonds is 8. The molecule has 0 saturated heterocycles. The van der Waals surface area contributed by atoms with Crippen LogP contribution in [0.1, 0.15) is 32.9 Å². The third-order valence-electron chi connectivity index (χ3n) is 4.91. The highest BCUT2D eigenvalue weighted by atomic mass is 32.1. The molecule has 0 bridgehead atoms. The van der Waals surface area contributed by atoms with Gasteiger partial charge in [-0.2, -0.15) is 0 Å². The molecule has 0 saturated carbocycles. The maximum absolute atomic E-state index is 11.5. The predicted molar refractivity (Wildman–Crippen MR) is 128 cm³/mol. The molecule has 33 heavy (non-hydrogen) atoms. The second-order valence-electron chi connectivity index (χ2n) is 7.27. The fourth-order valence-electron chi connectivity index (χ4n) is 3.24. The van der Waals surface area contributed by atoms with Crippen molar-refractivity contribution in [3.8, 4) is 5.75 Å². The molecule has 0 aliphatic rings. The fourth-order valence-corrected chi connectivity index (χ4v) is 4.22. The number of carboxylic acids is 1. The monoisotopic (exact) mass is 459 g/mol. The summed E-state index contributed by atoms with van der Waals surface area (Å²) >= 11 is 1.48. The maximum Gasteiger partial charge on any atom is 0.337 e. The van der Waals surface area contributed by atoms with Gasteiger partial charge in [-0.3, -0.25) is 4.79 Å². The summed E-state index contributed by atoms with van der Waals surface area (Å²) in [5.74, 6) is -0.595. The van der Waals surface area contributed by atoms with Crippen molar-refractivity contribution in [2.24, 2.45) is 0 Å². The lowest BCUT2D eigenvalue weighted by atomic mass is 10.1. The predicted octanol–water partition coefficient (Wildman–Crippen LogP) is 5.68. The SMILES string of the molecule is COC(=O)c1ccc(COc2ccc(/C=C(/CC(=O)O)c3nc4ccccc4s3)cc2)cc1. The number of aliphatic carboxylic acids is 1. The molecule has 166 valence electrons. The van der Waals surface area contributed by atoms with Crippen LogP contribution in [0.5, 0.6) is 5.75 Å². The highest BCUT2D eigenvalue weighted by molar-refractivity contribution is 7.19. The minimum atomic E-state index is -0.904. The van der Waals surface area contributed by atoms with Gasteiger partial charge in [0.05, 0.1) is 29.3 Å². The minimum absolute atomic E-state index is 0.111. The average molecular weight is 460 g/mol. The van der Waals surface area contributed by atoms with Gasteiger partial charge in [0.15, 0.2) is 0 Å². The van der Waals surface area contributed by atoms with E-state index in [0.29, 0.717) is 28.5 Å². The first kappa shape index (κ1) is 22.2. The number of fused-ring (bicyclic) bond motifs is 1. The van der Waals surface area contributed by atoms with Crippen LogP contribution in [0.15, 0.2) is 72.8 Å². The molecule has 6 nitrogen and oxygen atoms in total. The van der Waals surface area contributed by atoms with Crippen LogP contribution in [0.3, 0.4) is 0 Å². The largest absolute Gasteiger partial charge is 0.489 e. The molecule has 1 aromatic heterocycles. The van der Waals surface area contributed by atoms with E-state index in [1.54, 1.807) is 12.1 Å². The van der Waals surface area contributed by atoms with E-state index in [-0.39, 0.29) is 12.4 Å². The quantitative estimate of drug-likeness (QED) is 0.341. The first-order valence-electron chi connectivity index (χ1n) is 10.2. The van der Waals surface area contributed by atoms with Crippen molar-refractivity contribution in [2.75, 3.05) is 7.11 Å². The van der Waals surface area contributed by atoms with E-state index in [1.165, 1.54) is 18.4 Å². The van der Waals surface area contributed by atoms with E-state index in [9.17, 15) is 14.7 Å². The van der Waals surface area contributed by atoms with E-state index < -0.39 is 5.97 Å². The smallest absolute Gasteiger partial charge is 0.337 e. The molecule has 0 spiro atoms. The molecule has 3 aromatic carbocycles. The van der Waals surface area contributed by atoms with Gasteiger partial charge in [-0.15, -0.1) is 11.3 Å². The lowest BCUT2D eigenvalue weighted by Gasteiger charge is -2.08. The summed E-state index contributed by atoms with van der Waals surface area (Å²) in [6, 6.07) is 22.2. The van der Waals surface area contributed by atoms with Crippen LogP contribution in [0.4, 0.5) is 0 Å². The number of thiazole rings is 1. The Bertz CT molecular complexity index is 1270. The number of hydrogen-bond acceptors (Lipinski definition) is 6. The van der Waals surface area contributed by atoms with E-state index in [0.717, 1.165) is 21.3 Å². The third-order valence-corrected chi connectivity index (χ3v) is 6.02. The van der Waals surface area contributed by atoms with E-state index in [2.05, 4.69) is 4.98 Å². The Balaban J connectivity index is 1.47. The molecule has 4 rings (SSSR count). The molecule has 0 radical (unpaired) electrons. The number of methoxy groups -OCH3 is 1. The van der Waals surface area contributed by atoms with Gasteiger partial charge in [-0.05, 0) is 59.2 Å². The Labute approximate surface area is 194 Å². The zero-order valence-electron chi connectivity index (χ0n) is 17.9. The number of esters is 1. The Morgan fingerprint density at radius 1 is 1.00 bits per heavy atom. The number of aromatic nitrogens is 1. The summed E-state index contributed by atoms with van der Waals surface area (Å²) in [7, 11) is 1.35. The van der Waals surface area contributed by atoms with E-state index in [1.807, 2.05) is 66.7 Å². The van der Waals surface area contributed by atoms with E-state index in [4.69, 9.17) is 9.47 Å². The second kappa shape index (κ2) is 10.1. The number of carbonyl (C=O) groups is 2. The molecular formula is C26H21NO5S. The van der Waals surface area contributed by atoms with Crippen molar-refractivity contribution in [1.82, 2.24) is 4.98 Å². The summed E-state index contributed by atoms with van der Waals surface area (Å²) in [4.78, 5) is 27.5. The number of ether oxygens (including phenoxy) is 2. The van der Waals surface area contributed by atoms with Gasteiger partial charge in [0.2, 0.25) is 0 Å². The van der Waals surface area contributed by atoms with Gasteiger partial charge < -0.3 is 14.6 Å². The van der Waals surface area contributed by atoms with Crippen molar-refractivity contribution in [2.45, 2.75) is 13.0 Å². The Hall–Kier alpha value is -3.97. The second-order valence-corrected chi connectivity index (χ2v) is 8.30. The topological polar surface area (TPSA) is 85.7 Å². The van der Waals surface area contributed by atoms with Crippen LogP contribution < -0.4 is 4.74 Å². The first-order valence-corrected chi connectivity index (χ1v) is 11.0. The molecule has 1 heterocycles. The fraction of sp³-hybridized carbons (Fsp3) is 0.115. The van der Waals surface area contributed by atoms with Gasteiger partial charge in [0.1, 0.15) is 17.4 Å². The third kappa shape index (κ3) is 5.64. The Kier molecular flexibility index (Phi) is 6.80. The Morgan fingerprint density at radius 3 is 2.39 bits per heavy atom. The standard InChI is InChI=1S/C26H21NO5S/c1-31-26(30)19-10-6-18(7-11-19)16-32-21-12-8-17(9-13-21)14-20(15-24(28)29)25-27-22-4-2-3-5-23(22)33-25/h2-14H,15-16H2,1H3,(H,28,29)/b20-14-. The van der Waals surface area contributed by atoms with Crippen LogP contribution in [0, 0.1) is 0 Å². The van der Waals surface area contributed by atoms with Gasteiger partial charge in [-0.1, -0.05) is 36.4 Å². The molecule has 0 unspecified atom stereocenters. The van der Waals surface area contributed by atoms with Crippen molar-refractivity contribution >= 4 is 45.1 Å². The highest BCUT2D eigenvalue weighted by Crippen LogP contribution is 2.30. The number of carboxylic acid groups (broad SMARTS) is 1. The van der Waals surface area contributed by atoms with Gasteiger partial charge >= 0.3 is 11.9 Å². The molecule has 0 amide bonds. The van der Waals surface area contributed by atoms with Crippen LogP contribution in [-0.4, -0.2) is 29.1 Å². The minimum Gasteiger partial charge on any atom is -0.489 e. The average Bonchev–Trinajstić information content (AvgIpc) is 3.27. The first-order chi connectivity index (χ1) is 16.0. The zero-order valence-corrected chi connectivity index (χ0v) is 18.7. The summed E-state index contributed by atoms with van der Waals surface area (Å²) in [6.45, 7) is 0.354. The molecule has 1 N–H and O–H groups in total. The Morgan fingerprint density at radius 2 is 1.73 bits per heavy atom. The number of hydrogen-bond donors (Lipinski definition) is 1. The van der Waals surface area contributed by atoms with E-state index >= 15 is 0 Å². The lowest BCUT2D eigenvalue weighted by Crippen LogP contribution is -2.02. The summed E-state index contributed by atoms with van der Waals surface area (Å²) in [6.07, 6.45) is 1.74. The van der Waals surface area contributed by atoms with Crippen LogP contribution in [0.25, 0.3) is 21.9 Å². The molecule has 0 atom stereocenters. The number of carbonyl (C=O) groups excluding carboxylic acids is 1. The van der Waals surface area contributed by atoms with Crippen molar-refractivity contribution in [3.05, 3.63) is 94.5 Å². The van der Waals surface area contributed by atoms with Crippen molar-refractivity contribution in [3.63, 3.8) is 0 Å². The summed E-state index contributed by atoms with van der Waals surface area (Å²) < 4.78 is 11.5. The molecule has 4 aromatic rings.